The fourth-order valence-corrected chi connectivity index (χ4v) is 4.54. The molecule has 4 rings (SSSR count). The molecule has 3 aromatic rings. The predicted molar refractivity (Wildman–Crippen MR) is 134 cm³/mol. The number of imide groups is 1. The van der Waals surface area contributed by atoms with Gasteiger partial charge in [0.25, 0.3) is 16.8 Å². The molecule has 1 N–H and O–H groups in total. The molecule has 3 amide bonds. The summed E-state index contributed by atoms with van der Waals surface area (Å²) in [6, 6.07) is 14.9. The number of carbonyl (C=O) groups is 3. The van der Waals surface area contributed by atoms with Crippen LogP contribution < -0.4 is 5.32 Å². The fraction of sp³-hybridized carbons (Fsp3) is 0.125. The molecule has 0 aliphatic carbocycles. The highest BCUT2D eigenvalue weighted by molar-refractivity contribution is 8.18. The highest BCUT2D eigenvalue weighted by Crippen LogP contribution is 2.32. The van der Waals surface area contributed by atoms with Gasteiger partial charge in [0.1, 0.15) is 6.54 Å². The first kappa shape index (κ1) is 24.2. The number of para-hydroxylation sites is 1. The van der Waals surface area contributed by atoms with Crippen molar-refractivity contribution in [1.29, 1.82) is 0 Å². The summed E-state index contributed by atoms with van der Waals surface area (Å²) in [5, 5.41) is 13.9. The highest BCUT2D eigenvalue weighted by atomic mass is 35.5. The van der Waals surface area contributed by atoms with Crippen molar-refractivity contribution < 1.29 is 19.3 Å². The summed E-state index contributed by atoms with van der Waals surface area (Å²) in [6.07, 6.45) is 3.27. The van der Waals surface area contributed by atoms with Crippen LogP contribution in [0.2, 0.25) is 5.02 Å². The van der Waals surface area contributed by atoms with Gasteiger partial charge >= 0.3 is 0 Å². The van der Waals surface area contributed by atoms with Crippen LogP contribution in [-0.4, -0.2) is 38.0 Å². The number of aromatic nitrogens is 1. The van der Waals surface area contributed by atoms with Gasteiger partial charge in [-0.2, -0.15) is 0 Å². The van der Waals surface area contributed by atoms with Crippen LogP contribution in [0.4, 0.5) is 16.2 Å². The van der Waals surface area contributed by atoms with Crippen LogP contribution in [0.1, 0.15) is 16.8 Å². The molecule has 2 heterocycles. The summed E-state index contributed by atoms with van der Waals surface area (Å²) >= 11 is 6.71. The molecule has 1 fully saturated rings. The van der Waals surface area contributed by atoms with Crippen LogP contribution in [0, 0.1) is 17.0 Å². The van der Waals surface area contributed by atoms with E-state index in [9.17, 15) is 24.5 Å². The van der Waals surface area contributed by atoms with Crippen LogP contribution >= 0.6 is 23.4 Å². The van der Waals surface area contributed by atoms with Crippen molar-refractivity contribution in [2.45, 2.75) is 13.5 Å². The third kappa shape index (κ3) is 5.44. The molecule has 1 aliphatic rings. The summed E-state index contributed by atoms with van der Waals surface area (Å²) in [6.45, 7) is 1.57. The Kier molecular flexibility index (Phi) is 7.04. The van der Waals surface area contributed by atoms with Crippen LogP contribution in [0.25, 0.3) is 6.08 Å². The summed E-state index contributed by atoms with van der Waals surface area (Å²) in [7, 11) is 0. The number of amides is 3. The molecule has 35 heavy (non-hydrogen) atoms. The van der Waals surface area contributed by atoms with E-state index in [0.29, 0.717) is 22.0 Å². The Hall–Kier alpha value is -3.89. The van der Waals surface area contributed by atoms with E-state index in [1.165, 1.54) is 6.07 Å². The van der Waals surface area contributed by atoms with Crippen LogP contribution in [-0.2, 0) is 16.1 Å². The number of carbonyl (C=O) groups excluding carboxylic acids is 3. The Morgan fingerprint density at radius 1 is 1.17 bits per heavy atom. The lowest BCUT2D eigenvalue weighted by atomic mass is 10.2. The monoisotopic (exact) mass is 510 g/mol. The van der Waals surface area contributed by atoms with Gasteiger partial charge in [-0.3, -0.25) is 29.4 Å². The van der Waals surface area contributed by atoms with Gasteiger partial charge in [-0.05, 0) is 54.6 Å². The average molecular weight is 511 g/mol. The first-order valence-electron chi connectivity index (χ1n) is 10.4. The number of hydrogen-bond acceptors (Lipinski definition) is 6. The smallest absolute Gasteiger partial charge is 0.294 e. The summed E-state index contributed by atoms with van der Waals surface area (Å²) in [4.78, 5) is 49.8. The van der Waals surface area contributed by atoms with Crippen molar-refractivity contribution in [2.24, 2.45) is 0 Å². The van der Waals surface area contributed by atoms with E-state index in [0.717, 1.165) is 22.2 Å². The lowest BCUT2D eigenvalue weighted by molar-refractivity contribution is -0.385. The molecule has 0 unspecified atom stereocenters. The molecule has 1 aliphatic heterocycles. The van der Waals surface area contributed by atoms with Gasteiger partial charge in [0.05, 0.1) is 16.4 Å². The van der Waals surface area contributed by atoms with E-state index in [2.05, 4.69) is 5.32 Å². The van der Waals surface area contributed by atoms with Crippen molar-refractivity contribution in [3.8, 4) is 0 Å². The second-order valence-electron chi connectivity index (χ2n) is 7.72. The van der Waals surface area contributed by atoms with Crippen molar-refractivity contribution >= 4 is 57.9 Å². The number of aryl methyl sites for hydroxylation is 1. The number of hydrogen-bond donors (Lipinski definition) is 1. The molecule has 0 spiro atoms. The molecule has 0 atom stereocenters. The van der Waals surface area contributed by atoms with Gasteiger partial charge in [0.15, 0.2) is 0 Å². The minimum absolute atomic E-state index is 0.00609. The number of rotatable bonds is 7. The molecular formula is C24H19ClN4O5S. The molecule has 1 aromatic heterocycles. The van der Waals surface area contributed by atoms with E-state index in [1.807, 2.05) is 0 Å². The van der Waals surface area contributed by atoms with Crippen molar-refractivity contribution in [3.05, 3.63) is 97.7 Å². The molecule has 0 radical (unpaired) electrons. The SMILES string of the molecule is Cc1ccc(Cl)cc1NC(=O)CN1C(=O)S/C(=C/c2cccn2Cc2ccccc2[N+](=O)[O-])C1=O. The summed E-state index contributed by atoms with van der Waals surface area (Å²) in [5.74, 6) is -1.12. The Bertz CT molecular complexity index is 1380. The largest absolute Gasteiger partial charge is 0.343 e. The number of nitrogens with one attached hydrogen (secondary N) is 1. The first-order valence-corrected chi connectivity index (χ1v) is 11.6. The minimum atomic E-state index is -0.587. The van der Waals surface area contributed by atoms with Crippen LogP contribution in [0.3, 0.4) is 0 Å². The molecular weight excluding hydrogens is 492 g/mol. The van der Waals surface area contributed by atoms with Gasteiger partial charge in [-0.25, -0.2) is 0 Å². The minimum Gasteiger partial charge on any atom is -0.343 e. The zero-order valence-electron chi connectivity index (χ0n) is 18.4. The number of nitro groups is 1. The Morgan fingerprint density at radius 3 is 2.71 bits per heavy atom. The lowest BCUT2D eigenvalue weighted by Crippen LogP contribution is -2.36. The number of halogens is 1. The van der Waals surface area contributed by atoms with Gasteiger partial charge in [0, 0.05) is 34.2 Å². The molecule has 178 valence electrons. The average Bonchev–Trinajstić information content (AvgIpc) is 3.35. The number of benzene rings is 2. The van der Waals surface area contributed by atoms with Crippen LogP contribution in [0.15, 0.2) is 65.7 Å². The number of nitrogens with zero attached hydrogens (tertiary/aromatic N) is 3. The number of anilines is 1. The highest BCUT2D eigenvalue weighted by Gasteiger charge is 2.36. The Balaban J connectivity index is 1.49. The molecule has 11 heteroatoms. The van der Waals surface area contributed by atoms with E-state index >= 15 is 0 Å². The second kappa shape index (κ2) is 10.2. The third-order valence-corrected chi connectivity index (χ3v) is 6.46. The maximum Gasteiger partial charge on any atom is 0.294 e. The Labute approximate surface area is 209 Å². The summed E-state index contributed by atoms with van der Waals surface area (Å²) < 4.78 is 1.74. The quantitative estimate of drug-likeness (QED) is 0.269. The molecule has 1 saturated heterocycles. The van der Waals surface area contributed by atoms with Crippen molar-refractivity contribution in [2.75, 3.05) is 11.9 Å². The normalized spacial score (nSPS) is 14.6. The topological polar surface area (TPSA) is 115 Å². The summed E-state index contributed by atoms with van der Waals surface area (Å²) in [5.41, 5.74) is 2.37. The van der Waals surface area contributed by atoms with E-state index < -0.39 is 28.5 Å². The molecule has 9 nitrogen and oxygen atoms in total. The maximum atomic E-state index is 12.9. The fourth-order valence-electron chi connectivity index (χ4n) is 3.54. The van der Waals surface area contributed by atoms with Gasteiger partial charge in [0.2, 0.25) is 5.91 Å². The van der Waals surface area contributed by atoms with E-state index in [4.69, 9.17) is 11.6 Å². The van der Waals surface area contributed by atoms with Gasteiger partial charge in [-0.15, -0.1) is 0 Å². The zero-order valence-corrected chi connectivity index (χ0v) is 20.0. The predicted octanol–water partition coefficient (Wildman–Crippen LogP) is 5.08. The second-order valence-corrected chi connectivity index (χ2v) is 9.15. The van der Waals surface area contributed by atoms with Crippen molar-refractivity contribution in [3.63, 3.8) is 0 Å². The third-order valence-electron chi connectivity index (χ3n) is 5.32. The zero-order chi connectivity index (χ0) is 25.1. The first-order chi connectivity index (χ1) is 16.7. The van der Waals surface area contributed by atoms with Crippen LogP contribution in [0.5, 0.6) is 0 Å². The molecule has 0 saturated carbocycles. The van der Waals surface area contributed by atoms with Crippen molar-refractivity contribution in [1.82, 2.24) is 9.47 Å². The lowest BCUT2D eigenvalue weighted by Gasteiger charge is -2.14. The Morgan fingerprint density at radius 2 is 1.94 bits per heavy atom. The molecule has 2 aromatic carbocycles. The van der Waals surface area contributed by atoms with E-state index in [-0.39, 0.29) is 17.1 Å². The van der Waals surface area contributed by atoms with E-state index in [1.54, 1.807) is 72.3 Å². The number of thioether (sulfide) groups is 1. The standard InChI is InChI=1S/C24H19ClN4O5S/c1-15-8-9-17(25)11-19(15)26-22(30)14-28-23(31)21(35-24(28)32)12-18-6-4-10-27(18)13-16-5-2-3-7-20(16)29(33)34/h2-12H,13-14H2,1H3,(H,26,30)/b21-12+. The number of nitro benzene ring substituents is 1. The maximum absolute atomic E-state index is 12.9. The molecule has 0 bridgehead atoms. The van der Waals surface area contributed by atoms with Gasteiger partial charge in [-0.1, -0.05) is 35.9 Å². The van der Waals surface area contributed by atoms with Gasteiger partial charge < -0.3 is 9.88 Å².